The molecule has 7 nitrogen and oxygen atoms in total. The number of rotatable bonds is 6. The molecule has 0 radical (unpaired) electrons. The number of nitrogens with zero attached hydrogens (tertiary/aromatic N) is 2. The molecule has 0 rings (SSSR count). The van der Waals surface area contributed by atoms with E-state index in [0.717, 1.165) is 11.8 Å². The van der Waals surface area contributed by atoms with Gasteiger partial charge in [-0.2, -0.15) is 17.5 Å². The first-order valence-corrected chi connectivity index (χ1v) is 6.78. The number of hydrogen-bond acceptors (Lipinski definition) is 4. The smallest absolute Gasteiger partial charge is 0.402 e. The molecular weight excluding hydrogens is 305 g/mol. The van der Waals surface area contributed by atoms with Gasteiger partial charge < -0.3 is 10.0 Å². The monoisotopic (exact) mass is 320 g/mol. The van der Waals surface area contributed by atoms with Crippen molar-refractivity contribution >= 4 is 21.9 Å². The van der Waals surface area contributed by atoms with E-state index in [1.54, 1.807) is 0 Å². The predicted octanol–water partition coefficient (Wildman–Crippen LogP) is -0.258. The fourth-order valence-corrected chi connectivity index (χ4v) is 2.40. The second kappa shape index (κ2) is 6.39. The summed E-state index contributed by atoms with van der Waals surface area (Å²) in [5, 5.41) is 6.54. The molecule has 118 valence electrons. The number of carboxylic acid groups (broad SMARTS) is 1. The van der Waals surface area contributed by atoms with Crippen LogP contribution in [0.1, 0.15) is 6.92 Å². The van der Waals surface area contributed by atoms with Crippen LogP contribution in [0.2, 0.25) is 0 Å². The second-order valence-electron chi connectivity index (χ2n) is 4.20. The number of hydrogen-bond donors (Lipinski definition) is 1. The number of carboxylic acids is 1. The van der Waals surface area contributed by atoms with Crippen LogP contribution in [-0.2, 0) is 19.6 Å². The highest BCUT2D eigenvalue weighted by Crippen LogP contribution is 2.20. The maximum absolute atomic E-state index is 12.4. The second-order valence-corrected chi connectivity index (χ2v) is 6.45. The van der Waals surface area contributed by atoms with Crippen LogP contribution in [-0.4, -0.2) is 73.2 Å². The number of aliphatic carboxylic acids is 1. The molecule has 0 fully saturated rings. The molecule has 0 aromatic carbocycles. The summed E-state index contributed by atoms with van der Waals surface area (Å²) < 4.78 is 60.5. The highest BCUT2D eigenvalue weighted by molar-refractivity contribution is 7.90. The Morgan fingerprint density at radius 2 is 1.70 bits per heavy atom. The zero-order valence-electron chi connectivity index (χ0n) is 11.0. The van der Waals surface area contributed by atoms with Crippen LogP contribution < -0.4 is 0 Å². The zero-order chi connectivity index (χ0) is 16.3. The molecule has 0 aromatic rings. The Bertz CT molecular complexity index is 474. The summed E-state index contributed by atoms with van der Waals surface area (Å²) in [5.74, 6) is -2.69. The van der Waals surface area contributed by atoms with Crippen LogP contribution in [0.25, 0.3) is 0 Å². The molecule has 0 aliphatic heterocycles. The van der Waals surface area contributed by atoms with Crippen molar-refractivity contribution in [3.8, 4) is 0 Å². The van der Waals surface area contributed by atoms with E-state index in [1.165, 1.54) is 14.1 Å². The van der Waals surface area contributed by atoms with E-state index in [2.05, 4.69) is 0 Å². The van der Waals surface area contributed by atoms with E-state index in [9.17, 15) is 31.2 Å². The van der Waals surface area contributed by atoms with Gasteiger partial charge in [-0.25, -0.2) is 8.42 Å². The molecule has 1 atom stereocenters. The van der Waals surface area contributed by atoms with Crippen molar-refractivity contribution in [3.05, 3.63) is 0 Å². The van der Waals surface area contributed by atoms with Gasteiger partial charge >= 0.3 is 12.1 Å². The standard InChI is InChI=1S/C9H15F3N2O5S/c1-6(8(16)17)20(18,19)14(5-9(10,11)12)4-7(15)13(2)3/h6H,4-5H2,1-3H3,(H,16,17). The summed E-state index contributed by atoms with van der Waals surface area (Å²) in [7, 11) is -2.32. The number of sulfonamides is 1. The Balaban J connectivity index is 5.42. The number of likely N-dealkylation sites (N-methyl/N-ethyl adjacent to an activating group) is 1. The molecule has 0 aromatic heterocycles. The molecule has 0 aliphatic carbocycles. The predicted molar refractivity (Wildman–Crippen MR) is 62.3 cm³/mol. The fraction of sp³-hybridized carbons (Fsp3) is 0.778. The minimum atomic E-state index is -4.89. The van der Waals surface area contributed by atoms with Crippen LogP contribution >= 0.6 is 0 Å². The molecule has 11 heteroatoms. The van der Waals surface area contributed by atoms with Crippen molar-refractivity contribution in [1.82, 2.24) is 9.21 Å². The molecule has 0 aliphatic rings. The van der Waals surface area contributed by atoms with Gasteiger partial charge in [0.1, 0.15) is 6.54 Å². The average molecular weight is 320 g/mol. The Morgan fingerprint density at radius 1 is 1.25 bits per heavy atom. The summed E-state index contributed by atoms with van der Waals surface area (Å²) in [5.41, 5.74) is 0. The molecule has 0 bridgehead atoms. The number of alkyl halides is 3. The SMILES string of the molecule is CC(C(=O)O)S(=O)(=O)N(CC(=O)N(C)C)CC(F)(F)F. The van der Waals surface area contributed by atoms with Gasteiger partial charge in [0.05, 0.1) is 6.54 Å². The van der Waals surface area contributed by atoms with Crippen LogP contribution in [0.3, 0.4) is 0 Å². The molecule has 1 unspecified atom stereocenters. The minimum Gasteiger partial charge on any atom is -0.480 e. The van der Waals surface area contributed by atoms with Gasteiger partial charge in [-0.05, 0) is 6.92 Å². The number of halogens is 3. The molecule has 0 spiro atoms. The van der Waals surface area contributed by atoms with Crippen LogP contribution in [0.4, 0.5) is 13.2 Å². The van der Waals surface area contributed by atoms with Gasteiger partial charge in [-0.3, -0.25) is 9.59 Å². The van der Waals surface area contributed by atoms with Gasteiger partial charge in [0.2, 0.25) is 15.9 Å². The van der Waals surface area contributed by atoms with Crippen LogP contribution in [0, 0.1) is 0 Å². The first kappa shape index (κ1) is 18.6. The van der Waals surface area contributed by atoms with E-state index in [4.69, 9.17) is 5.11 Å². The largest absolute Gasteiger partial charge is 0.480 e. The molecule has 0 heterocycles. The van der Waals surface area contributed by atoms with E-state index < -0.39 is 46.4 Å². The van der Waals surface area contributed by atoms with Gasteiger partial charge in [-0.1, -0.05) is 0 Å². The lowest BCUT2D eigenvalue weighted by Gasteiger charge is -2.25. The Hall–Kier alpha value is -1.36. The van der Waals surface area contributed by atoms with E-state index >= 15 is 0 Å². The molecule has 0 saturated heterocycles. The highest BCUT2D eigenvalue weighted by atomic mass is 32.2. The topological polar surface area (TPSA) is 95.0 Å². The van der Waals surface area contributed by atoms with Gasteiger partial charge in [0, 0.05) is 14.1 Å². The molecular formula is C9H15F3N2O5S. The highest BCUT2D eigenvalue weighted by Gasteiger charge is 2.41. The Kier molecular flexibility index (Phi) is 5.96. The number of carbonyl (C=O) groups is 2. The summed E-state index contributed by atoms with van der Waals surface area (Å²) in [6.45, 7) is -2.26. The van der Waals surface area contributed by atoms with Crippen LogP contribution in [0.15, 0.2) is 0 Å². The summed E-state index contributed by atoms with van der Waals surface area (Å²) in [6, 6.07) is 0. The number of amides is 1. The third-order valence-electron chi connectivity index (χ3n) is 2.32. The minimum absolute atomic E-state index is 0.173. The van der Waals surface area contributed by atoms with Crippen molar-refractivity contribution < 1.29 is 36.3 Å². The summed E-state index contributed by atoms with van der Waals surface area (Å²) in [4.78, 5) is 22.9. The lowest BCUT2D eigenvalue weighted by molar-refractivity contribution is -0.143. The zero-order valence-corrected chi connectivity index (χ0v) is 11.8. The lowest BCUT2D eigenvalue weighted by atomic mass is 10.5. The van der Waals surface area contributed by atoms with E-state index in [1.807, 2.05) is 0 Å². The normalized spacial score (nSPS) is 14.2. The quantitative estimate of drug-likeness (QED) is 0.728. The van der Waals surface area contributed by atoms with Crippen molar-refractivity contribution in [2.45, 2.75) is 18.3 Å². The third kappa shape index (κ3) is 5.33. The maximum atomic E-state index is 12.4. The van der Waals surface area contributed by atoms with E-state index in [0.29, 0.717) is 0 Å². The van der Waals surface area contributed by atoms with Crippen molar-refractivity contribution in [2.24, 2.45) is 0 Å². The van der Waals surface area contributed by atoms with Crippen molar-refractivity contribution in [1.29, 1.82) is 0 Å². The Morgan fingerprint density at radius 3 is 2.00 bits per heavy atom. The lowest BCUT2D eigenvalue weighted by Crippen LogP contribution is -2.49. The molecule has 1 amide bonds. The van der Waals surface area contributed by atoms with Crippen LogP contribution in [0.5, 0.6) is 0 Å². The Labute approximate surface area is 114 Å². The first-order chi connectivity index (χ1) is 8.79. The molecule has 0 saturated carbocycles. The fourth-order valence-electron chi connectivity index (χ4n) is 1.08. The maximum Gasteiger partial charge on any atom is 0.402 e. The molecule has 20 heavy (non-hydrogen) atoms. The van der Waals surface area contributed by atoms with Crippen molar-refractivity contribution in [3.63, 3.8) is 0 Å². The van der Waals surface area contributed by atoms with E-state index in [-0.39, 0.29) is 4.31 Å². The first-order valence-electron chi connectivity index (χ1n) is 5.27. The van der Waals surface area contributed by atoms with Gasteiger partial charge in [-0.15, -0.1) is 0 Å². The van der Waals surface area contributed by atoms with Gasteiger partial charge in [0.15, 0.2) is 5.25 Å². The summed E-state index contributed by atoms with van der Waals surface area (Å²) in [6.07, 6.45) is -4.89. The summed E-state index contributed by atoms with van der Waals surface area (Å²) >= 11 is 0. The van der Waals surface area contributed by atoms with Crippen molar-refractivity contribution in [2.75, 3.05) is 27.2 Å². The number of carbonyl (C=O) groups excluding carboxylic acids is 1. The van der Waals surface area contributed by atoms with Gasteiger partial charge in [0.25, 0.3) is 0 Å². The molecule has 1 N–H and O–H groups in total. The average Bonchev–Trinajstić information content (AvgIpc) is 2.24. The third-order valence-corrected chi connectivity index (χ3v) is 4.39.